The fourth-order valence-electron chi connectivity index (χ4n) is 3.30. The Morgan fingerprint density at radius 2 is 1.84 bits per heavy atom. The summed E-state index contributed by atoms with van der Waals surface area (Å²) in [6, 6.07) is 7.41. The third-order valence-corrected chi connectivity index (χ3v) is 7.51. The van der Waals surface area contributed by atoms with Crippen LogP contribution in [0.25, 0.3) is 0 Å². The van der Waals surface area contributed by atoms with Crippen LogP contribution in [0.2, 0.25) is 5.02 Å². The Morgan fingerprint density at radius 3 is 2.50 bits per heavy atom. The molecule has 7 nitrogen and oxygen atoms in total. The van der Waals surface area contributed by atoms with E-state index in [-0.39, 0.29) is 30.8 Å². The molecule has 0 bridgehead atoms. The number of nitrogens with one attached hydrogen (secondary N) is 1. The maximum atomic E-state index is 13.4. The first-order chi connectivity index (χ1) is 15.1. The Morgan fingerprint density at radius 1 is 1.16 bits per heavy atom. The average Bonchev–Trinajstić information content (AvgIpc) is 2.77. The normalized spacial score (nSPS) is 15.4. The zero-order chi connectivity index (χ0) is 23.5. The van der Waals surface area contributed by atoms with Gasteiger partial charge in [-0.25, -0.2) is 17.2 Å². The van der Waals surface area contributed by atoms with Gasteiger partial charge in [-0.2, -0.15) is 4.31 Å². The van der Waals surface area contributed by atoms with Crippen LogP contribution < -0.4 is 5.32 Å². The molecule has 1 N–H and O–H groups in total. The fourth-order valence-corrected chi connectivity index (χ4v) is 4.96. The quantitative estimate of drug-likeness (QED) is 0.631. The van der Waals surface area contributed by atoms with E-state index < -0.39 is 46.1 Å². The third-order valence-electron chi connectivity index (χ3n) is 5.20. The number of anilines is 1. The molecule has 0 unspecified atom stereocenters. The van der Waals surface area contributed by atoms with E-state index in [2.05, 4.69) is 5.32 Å². The van der Waals surface area contributed by atoms with E-state index >= 15 is 0 Å². The Balaban J connectivity index is 1.51. The van der Waals surface area contributed by atoms with E-state index in [1.807, 2.05) is 0 Å². The van der Waals surface area contributed by atoms with Gasteiger partial charge in [0.1, 0.15) is 0 Å². The van der Waals surface area contributed by atoms with E-state index in [9.17, 15) is 26.8 Å². The number of piperidine rings is 1. The molecular weight excluding hydrogens is 466 g/mol. The predicted molar refractivity (Wildman–Crippen MR) is 114 cm³/mol. The van der Waals surface area contributed by atoms with Gasteiger partial charge in [0.15, 0.2) is 18.2 Å². The molecule has 0 aromatic heterocycles. The van der Waals surface area contributed by atoms with E-state index in [1.54, 1.807) is 25.1 Å². The van der Waals surface area contributed by atoms with Crippen molar-refractivity contribution in [3.05, 3.63) is 58.6 Å². The number of esters is 1. The van der Waals surface area contributed by atoms with Crippen molar-refractivity contribution in [1.82, 2.24) is 4.31 Å². The highest BCUT2D eigenvalue weighted by molar-refractivity contribution is 7.89. The maximum absolute atomic E-state index is 13.4. The number of sulfonamides is 1. The number of hydrogen-bond donors (Lipinski definition) is 1. The summed E-state index contributed by atoms with van der Waals surface area (Å²) in [5.74, 6) is -4.10. The molecule has 1 aliphatic rings. The molecule has 0 spiro atoms. The second-order valence-corrected chi connectivity index (χ2v) is 9.67. The highest BCUT2D eigenvalue weighted by Crippen LogP contribution is 2.26. The van der Waals surface area contributed by atoms with Gasteiger partial charge in [-0.05, 0) is 55.7 Å². The number of nitrogens with zero attached hydrogens (tertiary/aromatic N) is 1. The van der Waals surface area contributed by atoms with E-state index in [1.165, 1.54) is 0 Å². The monoisotopic (exact) mass is 486 g/mol. The van der Waals surface area contributed by atoms with Crippen LogP contribution in [0.3, 0.4) is 0 Å². The van der Waals surface area contributed by atoms with Crippen LogP contribution in [0.1, 0.15) is 18.4 Å². The minimum atomic E-state index is -4.02. The Bertz CT molecular complexity index is 1140. The highest BCUT2D eigenvalue weighted by Gasteiger charge is 2.33. The number of halogens is 3. The first kappa shape index (κ1) is 24.1. The summed E-state index contributed by atoms with van der Waals surface area (Å²) >= 11 is 6.01. The minimum Gasteiger partial charge on any atom is -0.455 e. The van der Waals surface area contributed by atoms with E-state index in [0.29, 0.717) is 22.3 Å². The second kappa shape index (κ2) is 9.93. The van der Waals surface area contributed by atoms with Crippen molar-refractivity contribution in [3.8, 4) is 0 Å². The standard InChI is InChI=1S/C21H21ClF2N2O5S/c1-13-16(22)3-2-4-19(13)25-20(27)12-31-21(28)14-7-9-26(10-8-14)32(29,30)15-5-6-17(23)18(24)11-15/h2-6,11,14H,7-10,12H2,1H3,(H,25,27). The van der Waals surface area contributed by atoms with Crippen molar-refractivity contribution in [2.75, 3.05) is 25.0 Å². The van der Waals surface area contributed by atoms with Crippen LogP contribution in [-0.4, -0.2) is 44.3 Å². The van der Waals surface area contributed by atoms with Gasteiger partial charge in [-0.3, -0.25) is 9.59 Å². The van der Waals surface area contributed by atoms with Crippen LogP contribution >= 0.6 is 11.6 Å². The summed E-state index contributed by atoms with van der Waals surface area (Å²) in [7, 11) is -4.02. The van der Waals surface area contributed by atoms with Gasteiger partial charge >= 0.3 is 5.97 Å². The van der Waals surface area contributed by atoms with Gasteiger partial charge in [0, 0.05) is 23.8 Å². The van der Waals surface area contributed by atoms with Crippen LogP contribution in [0.15, 0.2) is 41.3 Å². The van der Waals surface area contributed by atoms with Crippen molar-refractivity contribution in [3.63, 3.8) is 0 Å². The first-order valence-electron chi connectivity index (χ1n) is 9.76. The fraction of sp³-hybridized carbons (Fsp3) is 0.333. The highest BCUT2D eigenvalue weighted by atomic mass is 35.5. The molecule has 1 amide bonds. The molecule has 172 valence electrons. The molecule has 1 heterocycles. The zero-order valence-electron chi connectivity index (χ0n) is 17.1. The van der Waals surface area contributed by atoms with Crippen molar-refractivity contribution in [2.24, 2.45) is 5.92 Å². The summed E-state index contributed by atoms with van der Waals surface area (Å²) in [4.78, 5) is 24.0. The van der Waals surface area contributed by atoms with Crippen molar-refractivity contribution >= 4 is 39.2 Å². The molecule has 3 rings (SSSR count). The number of ether oxygens (including phenoxy) is 1. The molecule has 1 aliphatic heterocycles. The molecule has 2 aromatic rings. The number of rotatable bonds is 6. The van der Waals surface area contributed by atoms with Crippen molar-refractivity contribution < 1.29 is 31.5 Å². The molecule has 0 radical (unpaired) electrons. The first-order valence-corrected chi connectivity index (χ1v) is 11.6. The molecule has 1 saturated heterocycles. The summed E-state index contributed by atoms with van der Waals surface area (Å²) in [6.45, 7) is 1.27. The second-order valence-electron chi connectivity index (χ2n) is 7.32. The molecule has 1 fully saturated rings. The van der Waals surface area contributed by atoms with Gasteiger partial charge in [0.05, 0.1) is 10.8 Å². The third kappa shape index (κ3) is 5.43. The Kier molecular flexibility index (Phi) is 7.47. The van der Waals surface area contributed by atoms with Crippen molar-refractivity contribution in [1.29, 1.82) is 0 Å². The van der Waals surface area contributed by atoms with Gasteiger partial charge in [0.25, 0.3) is 5.91 Å². The minimum absolute atomic E-state index is 0.00893. The predicted octanol–water partition coefficient (Wildman–Crippen LogP) is 3.51. The molecule has 11 heteroatoms. The summed E-state index contributed by atoms with van der Waals surface area (Å²) in [5.41, 5.74) is 1.19. The lowest BCUT2D eigenvalue weighted by molar-refractivity contribution is -0.152. The van der Waals surface area contributed by atoms with E-state index in [0.717, 1.165) is 16.4 Å². The average molecular weight is 487 g/mol. The molecule has 32 heavy (non-hydrogen) atoms. The molecule has 0 saturated carbocycles. The lowest BCUT2D eigenvalue weighted by Crippen LogP contribution is -2.41. The number of benzene rings is 2. The van der Waals surface area contributed by atoms with Gasteiger partial charge in [-0.1, -0.05) is 17.7 Å². The number of amides is 1. The topological polar surface area (TPSA) is 92.8 Å². The number of hydrogen-bond acceptors (Lipinski definition) is 5. The van der Waals surface area contributed by atoms with Gasteiger partial charge in [-0.15, -0.1) is 0 Å². The van der Waals surface area contributed by atoms with Crippen molar-refractivity contribution in [2.45, 2.75) is 24.7 Å². The van der Waals surface area contributed by atoms with Crippen LogP contribution in [0.5, 0.6) is 0 Å². The SMILES string of the molecule is Cc1c(Cl)cccc1NC(=O)COC(=O)C1CCN(S(=O)(=O)c2ccc(F)c(F)c2)CC1. The van der Waals surface area contributed by atoms with Gasteiger partial charge < -0.3 is 10.1 Å². The summed E-state index contributed by atoms with van der Waals surface area (Å²) < 4.78 is 57.9. The summed E-state index contributed by atoms with van der Waals surface area (Å²) in [5, 5.41) is 3.11. The number of carbonyl (C=O) groups is 2. The van der Waals surface area contributed by atoms with Crippen LogP contribution in [0.4, 0.5) is 14.5 Å². The smallest absolute Gasteiger partial charge is 0.309 e. The molecule has 2 aromatic carbocycles. The molecule has 0 atom stereocenters. The Hall–Kier alpha value is -2.56. The maximum Gasteiger partial charge on any atom is 0.309 e. The van der Waals surface area contributed by atoms with Crippen LogP contribution in [-0.2, 0) is 24.3 Å². The largest absolute Gasteiger partial charge is 0.455 e. The Labute approximate surface area is 189 Å². The molecule has 0 aliphatic carbocycles. The summed E-state index contributed by atoms with van der Waals surface area (Å²) in [6.07, 6.45) is 0.355. The van der Waals surface area contributed by atoms with Gasteiger partial charge in [0.2, 0.25) is 10.0 Å². The van der Waals surface area contributed by atoms with Crippen LogP contribution in [0, 0.1) is 24.5 Å². The number of carbonyl (C=O) groups excluding carboxylic acids is 2. The zero-order valence-corrected chi connectivity index (χ0v) is 18.7. The lowest BCUT2D eigenvalue weighted by atomic mass is 9.98. The van der Waals surface area contributed by atoms with E-state index in [4.69, 9.17) is 16.3 Å². The lowest BCUT2D eigenvalue weighted by Gasteiger charge is -2.30. The molecular formula is C21H21ClF2N2O5S.